The number of nitro benzene ring substituents is 1. The average Bonchev–Trinajstić information content (AvgIpc) is 3.14. The number of rotatable bonds is 5. The number of hydrogen-bond donors (Lipinski definition) is 1. The van der Waals surface area contributed by atoms with Crippen molar-refractivity contribution in [1.82, 2.24) is 4.57 Å². The zero-order chi connectivity index (χ0) is 20.1. The third kappa shape index (κ3) is 4.14. The molecular weight excluding hydrogens is 356 g/mol. The number of amides is 1. The summed E-state index contributed by atoms with van der Waals surface area (Å²) in [5, 5.41) is 22.9. The van der Waals surface area contributed by atoms with E-state index in [1.165, 1.54) is 18.2 Å². The zero-order valence-corrected chi connectivity index (χ0v) is 15.0. The summed E-state index contributed by atoms with van der Waals surface area (Å²) in [6.07, 6.45) is 3.23. The lowest BCUT2D eigenvalue weighted by Crippen LogP contribution is -2.13. The summed E-state index contributed by atoms with van der Waals surface area (Å²) in [7, 11) is 0. The first kappa shape index (κ1) is 18.6. The van der Waals surface area contributed by atoms with Gasteiger partial charge in [0.05, 0.1) is 4.92 Å². The van der Waals surface area contributed by atoms with Crippen LogP contribution in [0.5, 0.6) is 0 Å². The van der Waals surface area contributed by atoms with E-state index in [2.05, 4.69) is 5.32 Å². The van der Waals surface area contributed by atoms with Crippen molar-refractivity contribution in [2.45, 2.75) is 6.92 Å². The first-order valence-electron chi connectivity index (χ1n) is 8.40. The van der Waals surface area contributed by atoms with E-state index in [4.69, 9.17) is 0 Å². The van der Waals surface area contributed by atoms with Crippen LogP contribution in [0.25, 0.3) is 11.8 Å². The number of anilines is 1. The highest BCUT2D eigenvalue weighted by Crippen LogP contribution is 2.19. The third-order valence-electron chi connectivity index (χ3n) is 4.05. The molecule has 0 spiro atoms. The first-order valence-corrected chi connectivity index (χ1v) is 8.40. The highest BCUT2D eigenvalue weighted by Gasteiger charge is 2.12. The Morgan fingerprint density at radius 1 is 1.18 bits per heavy atom. The van der Waals surface area contributed by atoms with Crippen molar-refractivity contribution in [3.8, 4) is 11.8 Å². The van der Waals surface area contributed by atoms with E-state index in [0.29, 0.717) is 17.1 Å². The standard InChI is InChI=1S/C21H16N4O3/c1-15-4-2-5-17(12-15)23-21(26)16(14-22)13-20-6-3-11-24(20)18-7-9-19(10-8-18)25(27)28/h2-13H,1H3,(H,23,26). The number of non-ortho nitro benzene ring substituents is 1. The molecule has 0 aliphatic rings. The monoisotopic (exact) mass is 372 g/mol. The van der Waals surface area contributed by atoms with Crippen LogP contribution in [-0.2, 0) is 4.79 Å². The van der Waals surface area contributed by atoms with E-state index in [0.717, 1.165) is 5.56 Å². The maximum Gasteiger partial charge on any atom is 0.269 e. The van der Waals surface area contributed by atoms with Crippen molar-refractivity contribution in [3.05, 3.63) is 93.8 Å². The lowest BCUT2D eigenvalue weighted by Gasteiger charge is -2.08. The number of hydrogen-bond acceptors (Lipinski definition) is 4. The fraction of sp³-hybridized carbons (Fsp3) is 0.0476. The summed E-state index contributed by atoms with van der Waals surface area (Å²) in [6, 6.07) is 18.7. The number of nitrogens with zero attached hydrogens (tertiary/aromatic N) is 3. The molecular formula is C21H16N4O3. The van der Waals surface area contributed by atoms with Crippen LogP contribution in [0.2, 0.25) is 0 Å². The number of carbonyl (C=O) groups excluding carboxylic acids is 1. The van der Waals surface area contributed by atoms with Gasteiger partial charge < -0.3 is 9.88 Å². The second-order valence-corrected chi connectivity index (χ2v) is 6.07. The smallest absolute Gasteiger partial charge is 0.269 e. The summed E-state index contributed by atoms with van der Waals surface area (Å²) in [5.41, 5.74) is 2.82. The normalized spacial score (nSPS) is 10.9. The molecule has 0 unspecified atom stereocenters. The lowest BCUT2D eigenvalue weighted by molar-refractivity contribution is -0.384. The van der Waals surface area contributed by atoms with Gasteiger partial charge in [-0.3, -0.25) is 14.9 Å². The molecule has 1 N–H and O–H groups in total. The molecule has 2 aromatic carbocycles. The topological polar surface area (TPSA) is 101 Å². The fourth-order valence-corrected chi connectivity index (χ4v) is 2.70. The maximum atomic E-state index is 12.5. The third-order valence-corrected chi connectivity index (χ3v) is 4.05. The minimum atomic E-state index is -0.510. The Balaban J connectivity index is 1.87. The van der Waals surface area contributed by atoms with Crippen LogP contribution in [-0.4, -0.2) is 15.4 Å². The molecule has 0 bridgehead atoms. The zero-order valence-electron chi connectivity index (χ0n) is 15.0. The number of carbonyl (C=O) groups is 1. The quantitative estimate of drug-likeness (QED) is 0.313. The van der Waals surface area contributed by atoms with Crippen LogP contribution >= 0.6 is 0 Å². The van der Waals surface area contributed by atoms with Gasteiger partial charge in [-0.25, -0.2) is 0 Å². The Morgan fingerprint density at radius 2 is 1.93 bits per heavy atom. The van der Waals surface area contributed by atoms with Crippen LogP contribution in [0.15, 0.2) is 72.4 Å². The highest BCUT2D eigenvalue weighted by molar-refractivity contribution is 6.09. The molecule has 3 rings (SSSR count). The van der Waals surface area contributed by atoms with Crippen molar-refractivity contribution >= 4 is 23.4 Å². The van der Waals surface area contributed by atoms with Gasteiger partial charge in [-0.15, -0.1) is 0 Å². The number of nitrogens with one attached hydrogen (secondary N) is 1. The predicted molar refractivity (Wildman–Crippen MR) is 106 cm³/mol. The number of benzene rings is 2. The SMILES string of the molecule is Cc1cccc(NC(=O)C(C#N)=Cc2cccn2-c2ccc([N+](=O)[O-])cc2)c1. The molecule has 0 aliphatic carbocycles. The molecule has 28 heavy (non-hydrogen) atoms. The summed E-state index contributed by atoms with van der Waals surface area (Å²) in [6.45, 7) is 1.91. The van der Waals surface area contributed by atoms with Gasteiger partial charge in [-0.1, -0.05) is 12.1 Å². The van der Waals surface area contributed by atoms with Crippen molar-refractivity contribution in [3.63, 3.8) is 0 Å². The molecule has 7 nitrogen and oxygen atoms in total. The average molecular weight is 372 g/mol. The molecule has 1 amide bonds. The van der Waals surface area contributed by atoms with E-state index < -0.39 is 10.8 Å². The van der Waals surface area contributed by atoms with Crippen LogP contribution in [0.1, 0.15) is 11.3 Å². The largest absolute Gasteiger partial charge is 0.321 e. The first-order chi connectivity index (χ1) is 13.5. The molecule has 0 saturated heterocycles. The van der Waals surface area contributed by atoms with Gasteiger partial charge in [0.2, 0.25) is 0 Å². The van der Waals surface area contributed by atoms with Gasteiger partial charge in [0, 0.05) is 35.4 Å². The number of nitro groups is 1. The van der Waals surface area contributed by atoms with Crippen LogP contribution < -0.4 is 5.32 Å². The predicted octanol–water partition coefficient (Wildman–Crippen LogP) is 4.24. The minimum Gasteiger partial charge on any atom is -0.321 e. The molecule has 1 aromatic heterocycles. The Hall–Kier alpha value is -4.18. The van der Waals surface area contributed by atoms with E-state index in [9.17, 15) is 20.2 Å². The Kier molecular flexibility index (Phi) is 5.33. The van der Waals surface area contributed by atoms with Crippen LogP contribution in [0.4, 0.5) is 11.4 Å². The molecule has 1 heterocycles. The fourth-order valence-electron chi connectivity index (χ4n) is 2.70. The number of aryl methyl sites for hydroxylation is 1. The Morgan fingerprint density at radius 3 is 2.57 bits per heavy atom. The summed E-state index contributed by atoms with van der Waals surface area (Å²) >= 11 is 0. The molecule has 0 aliphatic heterocycles. The molecule has 0 saturated carbocycles. The molecule has 138 valence electrons. The van der Waals surface area contributed by atoms with Crippen molar-refractivity contribution in [1.29, 1.82) is 5.26 Å². The highest BCUT2D eigenvalue weighted by atomic mass is 16.6. The van der Waals surface area contributed by atoms with Gasteiger partial charge >= 0.3 is 0 Å². The van der Waals surface area contributed by atoms with Gasteiger partial charge in [0.15, 0.2) is 0 Å². The van der Waals surface area contributed by atoms with E-state index in [1.807, 2.05) is 31.2 Å². The summed E-state index contributed by atoms with van der Waals surface area (Å²) < 4.78 is 1.74. The molecule has 3 aromatic rings. The van der Waals surface area contributed by atoms with Crippen molar-refractivity contribution < 1.29 is 9.72 Å². The maximum absolute atomic E-state index is 12.5. The summed E-state index contributed by atoms with van der Waals surface area (Å²) in [5.74, 6) is -0.510. The van der Waals surface area contributed by atoms with Gasteiger partial charge in [0.25, 0.3) is 11.6 Å². The molecule has 0 fully saturated rings. The Labute approximate surface area is 161 Å². The van der Waals surface area contributed by atoms with E-state index >= 15 is 0 Å². The number of aromatic nitrogens is 1. The van der Waals surface area contributed by atoms with Gasteiger partial charge in [-0.2, -0.15) is 5.26 Å². The lowest BCUT2D eigenvalue weighted by atomic mass is 10.2. The second kappa shape index (κ2) is 8.01. The van der Waals surface area contributed by atoms with Crippen molar-refractivity contribution in [2.24, 2.45) is 0 Å². The second-order valence-electron chi connectivity index (χ2n) is 6.07. The van der Waals surface area contributed by atoms with Crippen molar-refractivity contribution in [2.75, 3.05) is 5.32 Å². The minimum absolute atomic E-state index is 0.0109. The molecule has 7 heteroatoms. The van der Waals surface area contributed by atoms with Gasteiger partial charge in [0.1, 0.15) is 11.6 Å². The molecule has 0 atom stereocenters. The van der Waals surface area contributed by atoms with E-state index in [1.54, 1.807) is 41.1 Å². The van der Waals surface area contributed by atoms with Gasteiger partial charge in [-0.05, 0) is 55.0 Å². The molecule has 0 radical (unpaired) electrons. The number of nitriles is 1. The van der Waals surface area contributed by atoms with E-state index in [-0.39, 0.29) is 11.3 Å². The van der Waals surface area contributed by atoms with Crippen LogP contribution in [0, 0.1) is 28.4 Å². The Bertz CT molecular complexity index is 1110. The van der Waals surface area contributed by atoms with Crippen LogP contribution in [0.3, 0.4) is 0 Å². The summed E-state index contributed by atoms with van der Waals surface area (Å²) in [4.78, 5) is 22.8.